The molecule has 1 aromatic carbocycles. The van der Waals surface area contributed by atoms with Gasteiger partial charge in [-0.1, -0.05) is 19.1 Å². The molecule has 0 fully saturated rings. The Bertz CT molecular complexity index is 690. The van der Waals surface area contributed by atoms with E-state index in [1.54, 1.807) is 12.1 Å². The number of carboxylic acid groups (broad SMARTS) is 1. The van der Waals surface area contributed by atoms with E-state index in [1.165, 1.54) is 0 Å². The fourth-order valence-electron chi connectivity index (χ4n) is 2.07. The third kappa shape index (κ3) is 2.50. The predicted octanol–water partition coefficient (Wildman–Crippen LogP) is 2.93. The van der Waals surface area contributed by atoms with E-state index < -0.39 is 5.97 Å². The first-order valence-electron chi connectivity index (χ1n) is 6.07. The maximum absolute atomic E-state index is 10.9. The molecule has 2 rings (SSSR count). The standard InChI is InChI=1S/C15H14N2O2/c1-2-11(15(18)19)6-8-17-9-7-13-12(10-16)4-3-5-14(13)17/h3-7,9H,2,8H2,1H3,(H,18,19)/b11-6-. The number of nitriles is 1. The van der Waals surface area contributed by atoms with E-state index in [9.17, 15) is 4.79 Å². The summed E-state index contributed by atoms with van der Waals surface area (Å²) in [4.78, 5) is 10.9. The average molecular weight is 254 g/mol. The number of aromatic nitrogens is 1. The molecule has 0 radical (unpaired) electrons. The smallest absolute Gasteiger partial charge is 0.331 e. The van der Waals surface area contributed by atoms with Crippen molar-refractivity contribution in [2.75, 3.05) is 0 Å². The maximum atomic E-state index is 10.9. The van der Waals surface area contributed by atoms with Crippen molar-refractivity contribution >= 4 is 16.9 Å². The van der Waals surface area contributed by atoms with E-state index in [-0.39, 0.29) is 0 Å². The lowest BCUT2D eigenvalue weighted by Gasteiger charge is -2.03. The Kier molecular flexibility index (Phi) is 3.67. The van der Waals surface area contributed by atoms with Crippen LogP contribution in [0.4, 0.5) is 0 Å². The van der Waals surface area contributed by atoms with Gasteiger partial charge in [0.25, 0.3) is 0 Å². The fourth-order valence-corrected chi connectivity index (χ4v) is 2.07. The lowest BCUT2D eigenvalue weighted by Crippen LogP contribution is -2.02. The van der Waals surface area contributed by atoms with E-state index in [0.717, 1.165) is 10.9 Å². The summed E-state index contributed by atoms with van der Waals surface area (Å²) >= 11 is 0. The van der Waals surface area contributed by atoms with Crippen LogP contribution >= 0.6 is 0 Å². The Morgan fingerprint density at radius 1 is 1.47 bits per heavy atom. The summed E-state index contributed by atoms with van der Waals surface area (Å²) in [5.74, 6) is -0.878. The van der Waals surface area contributed by atoms with Crippen molar-refractivity contribution in [3.63, 3.8) is 0 Å². The minimum absolute atomic E-state index is 0.401. The van der Waals surface area contributed by atoms with Gasteiger partial charge in [0, 0.05) is 29.2 Å². The number of rotatable bonds is 4. The molecule has 0 bridgehead atoms. The van der Waals surface area contributed by atoms with Gasteiger partial charge in [-0.3, -0.25) is 0 Å². The number of aliphatic carboxylic acids is 1. The second-order valence-electron chi connectivity index (χ2n) is 4.21. The zero-order chi connectivity index (χ0) is 13.8. The van der Waals surface area contributed by atoms with E-state index in [0.29, 0.717) is 24.1 Å². The molecule has 4 nitrogen and oxygen atoms in total. The zero-order valence-electron chi connectivity index (χ0n) is 10.6. The molecule has 0 saturated heterocycles. The molecule has 1 aromatic heterocycles. The first kappa shape index (κ1) is 12.9. The monoisotopic (exact) mass is 254 g/mol. The number of allylic oxidation sites excluding steroid dienone is 1. The highest BCUT2D eigenvalue weighted by atomic mass is 16.4. The highest BCUT2D eigenvalue weighted by Crippen LogP contribution is 2.20. The fraction of sp³-hybridized carbons (Fsp3) is 0.200. The van der Waals surface area contributed by atoms with Crippen LogP contribution in [0.2, 0.25) is 0 Å². The summed E-state index contributed by atoms with van der Waals surface area (Å²) in [5.41, 5.74) is 1.98. The minimum atomic E-state index is -0.878. The molecule has 0 unspecified atom stereocenters. The summed E-state index contributed by atoms with van der Waals surface area (Å²) in [7, 11) is 0. The van der Waals surface area contributed by atoms with Gasteiger partial charge < -0.3 is 9.67 Å². The van der Waals surface area contributed by atoms with Crippen LogP contribution < -0.4 is 0 Å². The molecule has 0 spiro atoms. The van der Waals surface area contributed by atoms with Gasteiger partial charge in [0.2, 0.25) is 0 Å². The Morgan fingerprint density at radius 3 is 2.89 bits per heavy atom. The normalized spacial score (nSPS) is 11.5. The average Bonchev–Trinajstić information content (AvgIpc) is 2.82. The molecule has 0 atom stereocenters. The number of carbonyl (C=O) groups is 1. The third-order valence-corrected chi connectivity index (χ3v) is 3.12. The molecule has 0 amide bonds. The molecular weight excluding hydrogens is 240 g/mol. The second kappa shape index (κ2) is 5.40. The molecule has 2 aromatic rings. The van der Waals surface area contributed by atoms with E-state index in [1.807, 2.05) is 35.9 Å². The lowest BCUT2D eigenvalue weighted by molar-refractivity contribution is -0.132. The quantitative estimate of drug-likeness (QED) is 0.853. The zero-order valence-corrected chi connectivity index (χ0v) is 10.6. The number of fused-ring (bicyclic) bond motifs is 1. The van der Waals surface area contributed by atoms with Gasteiger partial charge in [-0.15, -0.1) is 0 Å². The SMILES string of the molecule is CC/C(=C/Cn1ccc2c(C#N)cccc21)C(=O)O. The van der Waals surface area contributed by atoms with Crippen LogP contribution in [0.5, 0.6) is 0 Å². The Balaban J connectivity index is 2.38. The highest BCUT2D eigenvalue weighted by Gasteiger charge is 2.06. The number of benzene rings is 1. The van der Waals surface area contributed by atoms with Gasteiger partial charge in [-0.25, -0.2) is 4.79 Å². The molecule has 0 saturated carbocycles. The van der Waals surface area contributed by atoms with Gasteiger partial charge >= 0.3 is 5.97 Å². The maximum Gasteiger partial charge on any atom is 0.331 e. The van der Waals surface area contributed by atoms with E-state index >= 15 is 0 Å². The summed E-state index contributed by atoms with van der Waals surface area (Å²) in [5, 5.41) is 18.9. The van der Waals surface area contributed by atoms with Crippen molar-refractivity contribution in [1.29, 1.82) is 5.26 Å². The van der Waals surface area contributed by atoms with Gasteiger partial charge in [-0.05, 0) is 24.6 Å². The molecule has 0 aliphatic rings. The van der Waals surface area contributed by atoms with Crippen LogP contribution in [0.1, 0.15) is 18.9 Å². The van der Waals surface area contributed by atoms with Crippen LogP contribution in [0.15, 0.2) is 42.1 Å². The van der Waals surface area contributed by atoms with Crippen molar-refractivity contribution in [2.45, 2.75) is 19.9 Å². The molecule has 1 heterocycles. The number of hydrogen-bond acceptors (Lipinski definition) is 2. The molecule has 0 aliphatic heterocycles. The molecule has 4 heteroatoms. The first-order chi connectivity index (χ1) is 9.17. The van der Waals surface area contributed by atoms with Crippen LogP contribution in [-0.2, 0) is 11.3 Å². The Hall–Kier alpha value is -2.54. The van der Waals surface area contributed by atoms with Crippen LogP contribution in [0.25, 0.3) is 10.9 Å². The summed E-state index contributed by atoms with van der Waals surface area (Å²) < 4.78 is 1.94. The topological polar surface area (TPSA) is 66.0 Å². The Labute approximate surface area is 111 Å². The number of nitrogens with zero attached hydrogens (tertiary/aromatic N) is 2. The van der Waals surface area contributed by atoms with Gasteiger partial charge in [-0.2, -0.15) is 5.26 Å². The molecule has 1 N–H and O–H groups in total. The first-order valence-corrected chi connectivity index (χ1v) is 6.07. The molecule has 96 valence electrons. The summed E-state index contributed by atoms with van der Waals surface area (Å²) in [6.45, 7) is 2.31. The molecule has 19 heavy (non-hydrogen) atoms. The Morgan fingerprint density at radius 2 is 2.26 bits per heavy atom. The van der Waals surface area contributed by atoms with Gasteiger partial charge in [0.1, 0.15) is 0 Å². The van der Waals surface area contributed by atoms with Crippen molar-refractivity contribution in [3.05, 3.63) is 47.7 Å². The van der Waals surface area contributed by atoms with Crippen LogP contribution in [0.3, 0.4) is 0 Å². The molecule has 0 aliphatic carbocycles. The largest absolute Gasteiger partial charge is 0.478 e. The summed E-state index contributed by atoms with van der Waals surface area (Å²) in [6.07, 6.45) is 4.08. The van der Waals surface area contributed by atoms with Crippen molar-refractivity contribution in [2.24, 2.45) is 0 Å². The lowest BCUT2D eigenvalue weighted by atomic mass is 10.1. The second-order valence-corrected chi connectivity index (χ2v) is 4.21. The third-order valence-electron chi connectivity index (χ3n) is 3.12. The van der Waals surface area contributed by atoms with Crippen molar-refractivity contribution in [1.82, 2.24) is 4.57 Å². The van der Waals surface area contributed by atoms with Crippen LogP contribution in [0, 0.1) is 11.3 Å². The van der Waals surface area contributed by atoms with Crippen molar-refractivity contribution < 1.29 is 9.90 Å². The number of hydrogen-bond donors (Lipinski definition) is 1. The predicted molar refractivity (Wildman–Crippen MR) is 72.7 cm³/mol. The van der Waals surface area contributed by atoms with Crippen molar-refractivity contribution in [3.8, 4) is 6.07 Å². The van der Waals surface area contributed by atoms with Gasteiger partial charge in [0.05, 0.1) is 11.6 Å². The minimum Gasteiger partial charge on any atom is -0.478 e. The van der Waals surface area contributed by atoms with Gasteiger partial charge in [0.15, 0.2) is 0 Å². The summed E-state index contributed by atoms with van der Waals surface area (Å²) in [6, 6.07) is 9.57. The molecular formula is C15H14N2O2. The van der Waals surface area contributed by atoms with E-state index in [4.69, 9.17) is 10.4 Å². The van der Waals surface area contributed by atoms with E-state index in [2.05, 4.69) is 6.07 Å². The number of carboxylic acids is 1. The highest BCUT2D eigenvalue weighted by molar-refractivity contribution is 5.87. The van der Waals surface area contributed by atoms with Crippen LogP contribution in [-0.4, -0.2) is 15.6 Å².